The number of benzene rings is 1. The second-order valence-electron chi connectivity index (χ2n) is 7.69. The van der Waals surface area contributed by atoms with E-state index in [0.717, 1.165) is 15.3 Å². The number of hydrogen-bond donors (Lipinski definition) is 0. The van der Waals surface area contributed by atoms with Crippen molar-refractivity contribution < 1.29 is 44.0 Å². The first-order valence-electron chi connectivity index (χ1n) is 9.65. The van der Waals surface area contributed by atoms with Crippen LogP contribution in [0.4, 0.5) is 26.3 Å². The zero-order valence-corrected chi connectivity index (χ0v) is 17.5. The third kappa shape index (κ3) is 4.69. The minimum Gasteiger partial charge on any atom is -0.415 e. The first-order chi connectivity index (χ1) is 15.4. The highest BCUT2D eigenvalue weighted by Gasteiger charge is 2.44. The van der Waals surface area contributed by atoms with E-state index in [2.05, 4.69) is 10.2 Å². The third-order valence-electron chi connectivity index (χ3n) is 5.39. The molecule has 2 aromatic rings. The van der Waals surface area contributed by atoms with E-state index in [1.165, 1.54) is 6.07 Å². The van der Waals surface area contributed by atoms with Gasteiger partial charge in [-0.2, -0.15) is 26.3 Å². The summed E-state index contributed by atoms with van der Waals surface area (Å²) in [7, 11) is -4.64. The van der Waals surface area contributed by atoms with E-state index < -0.39 is 57.9 Å². The van der Waals surface area contributed by atoms with Crippen molar-refractivity contribution in [3.05, 3.63) is 35.0 Å². The van der Waals surface area contributed by atoms with Gasteiger partial charge in [-0.05, 0) is 25.0 Å². The van der Waals surface area contributed by atoms with Gasteiger partial charge in [0.25, 0.3) is 11.8 Å². The van der Waals surface area contributed by atoms with Crippen LogP contribution in [0.1, 0.15) is 41.1 Å². The molecule has 1 aromatic carbocycles. The number of amides is 1. The van der Waals surface area contributed by atoms with Crippen molar-refractivity contribution in [2.75, 3.05) is 18.8 Å². The smallest absolute Gasteiger partial charge is 0.404 e. The highest BCUT2D eigenvalue weighted by Crippen LogP contribution is 2.33. The lowest BCUT2D eigenvalue weighted by Crippen LogP contribution is -2.46. The second kappa shape index (κ2) is 8.27. The summed E-state index contributed by atoms with van der Waals surface area (Å²) in [5, 5.41) is 6.56. The molecule has 0 aliphatic carbocycles. The lowest BCUT2D eigenvalue weighted by atomic mass is 10.1. The first-order valence-corrected chi connectivity index (χ1v) is 11.3. The van der Waals surface area contributed by atoms with Crippen molar-refractivity contribution in [2.24, 2.45) is 0 Å². The average Bonchev–Trinajstić information content (AvgIpc) is 3.41. The topological polar surface area (TPSA) is 96.6 Å². The van der Waals surface area contributed by atoms with E-state index >= 15 is 0 Å². The molecule has 180 valence electrons. The maximum Gasteiger partial charge on any atom is 0.404 e. The molecule has 1 atom stereocenters. The van der Waals surface area contributed by atoms with Crippen LogP contribution in [0.15, 0.2) is 16.5 Å². The molecule has 4 rings (SSSR count). The molecule has 1 saturated heterocycles. The molecule has 0 radical (unpaired) electrons. The summed E-state index contributed by atoms with van der Waals surface area (Å²) in [6, 6.07) is 1.24. The lowest BCUT2D eigenvalue weighted by Gasteiger charge is -2.28. The normalized spacial score (nSPS) is 19.7. The summed E-state index contributed by atoms with van der Waals surface area (Å²) in [6.45, 7) is -0.564. The van der Waals surface area contributed by atoms with Gasteiger partial charge in [-0.25, -0.2) is 12.8 Å². The monoisotopic (exact) mass is 498 g/mol. The number of aromatic nitrogens is 2. The van der Waals surface area contributed by atoms with Crippen LogP contribution in [-0.2, 0) is 16.6 Å². The van der Waals surface area contributed by atoms with Crippen molar-refractivity contribution in [2.45, 2.75) is 38.0 Å². The lowest BCUT2D eigenvalue weighted by molar-refractivity contribution is -0.107. The van der Waals surface area contributed by atoms with Crippen LogP contribution in [0.5, 0.6) is 0 Å². The maximum atomic E-state index is 14.7. The Labute approximate surface area is 183 Å². The Balaban J connectivity index is 1.54. The highest BCUT2D eigenvalue weighted by molar-refractivity contribution is 7.89. The Bertz CT molecular complexity index is 1180. The maximum absolute atomic E-state index is 14.7. The second-order valence-corrected chi connectivity index (χ2v) is 9.62. The number of carbonyl (C=O) groups is 1. The fraction of sp³-hybridized carbons (Fsp3) is 0.500. The molecule has 15 heteroatoms. The average molecular weight is 498 g/mol. The number of rotatable bonds is 6. The summed E-state index contributed by atoms with van der Waals surface area (Å²) in [4.78, 5) is 14.0. The van der Waals surface area contributed by atoms with Crippen molar-refractivity contribution in [1.82, 2.24) is 19.4 Å². The van der Waals surface area contributed by atoms with Crippen LogP contribution in [-0.4, -0.2) is 64.8 Å². The minimum atomic E-state index is -4.91. The Hall–Kier alpha value is -2.68. The first kappa shape index (κ1) is 23.5. The molecular formula is C18H16F6N4O4S. The van der Waals surface area contributed by atoms with Crippen LogP contribution >= 0.6 is 0 Å². The fourth-order valence-electron chi connectivity index (χ4n) is 4.03. The Morgan fingerprint density at radius 1 is 1.21 bits per heavy atom. The molecule has 0 unspecified atom stereocenters. The quantitative estimate of drug-likeness (QED) is 0.568. The van der Waals surface area contributed by atoms with Gasteiger partial charge >= 0.3 is 12.6 Å². The summed E-state index contributed by atoms with van der Waals surface area (Å²) in [6.07, 6.45) is -7.39. The summed E-state index contributed by atoms with van der Waals surface area (Å²) in [5.41, 5.74) is -0.222. The van der Waals surface area contributed by atoms with E-state index in [1.54, 1.807) is 0 Å². The fourth-order valence-corrected chi connectivity index (χ4v) is 5.65. The number of hydrogen-bond acceptors (Lipinski definition) is 6. The molecule has 2 aliphatic heterocycles. The largest absolute Gasteiger partial charge is 0.415 e. The van der Waals surface area contributed by atoms with Gasteiger partial charge in [0.05, 0.1) is 0 Å². The molecule has 0 saturated carbocycles. The minimum absolute atomic E-state index is 0.0138. The van der Waals surface area contributed by atoms with Gasteiger partial charge in [0, 0.05) is 42.4 Å². The van der Waals surface area contributed by atoms with E-state index in [1.807, 2.05) is 0 Å². The predicted molar refractivity (Wildman–Crippen MR) is 99.0 cm³/mol. The number of halogens is 6. The van der Waals surface area contributed by atoms with Crippen molar-refractivity contribution >= 4 is 15.9 Å². The molecule has 2 aliphatic rings. The Morgan fingerprint density at radius 3 is 2.58 bits per heavy atom. The summed E-state index contributed by atoms with van der Waals surface area (Å²) < 4.78 is 108. The zero-order chi connectivity index (χ0) is 24.1. The standard InChI is InChI=1S/C18H16F6N4O4S/c19-13-5-9(15-25-26-16(32-15)14(20)21)4-11-12(13)7-27(17(11)29)6-10-2-1-3-28(10)33(30,31)8-18(22,23)24/h4-5,10,14H,1-3,6-8H2/t10-/m0/s1. The summed E-state index contributed by atoms with van der Waals surface area (Å²) >= 11 is 0. The molecule has 0 N–H and O–H groups in total. The predicted octanol–water partition coefficient (Wildman–Crippen LogP) is 3.13. The molecule has 33 heavy (non-hydrogen) atoms. The molecule has 1 amide bonds. The van der Waals surface area contributed by atoms with Gasteiger partial charge in [0.1, 0.15) is 5.82 Å². The van der Waals surface area contributed by atoms with Crippen LogP contribution in [0.2, 0.25) is 0 Å². The molecule has 3 heterocycles. The van der Waals surface area contributed by atoms with Crippen molar-refractivity contribution in [3.63, 3.8) is 0 Å². The van der Waals surface area contributed by atoms with Crippen LogP contribution < -0.4 is 0 Å². The van der Waals surface area contributed by atoms with Crippen LogP contribution in [0, 0.1) is 5.82 Å². The van der Waals surface area contributed by atoms with Gasteiger partial charge in [-0.15, -0.1) is 10.2 Å². The van der Waals surface area contributed by atoms with Gasteiger partial charge < -0.3 is 9.32 Å². The Morgan fingerprint density at radius 2 is 1.94 bits per heavy atom. The number of fused-ring (bicyclic) bond motifs is 1. The van der Waals surface area contributed by atoms with Gasteiger partial charge in [-0.1, -0.05) is 0 Å². The zero-order valence-electron chi connectivity index (χ0n) is 16.6. The summed E-state index contributed by atoms with van der Waals surface area (Å²) in [5.74, 6) is -4.92. The molecule has 0 bridgehead atoms. The third-order valence-corrected chi connectivity index (χ3v) is 7.28. The molecule has 0 spiro atoms. The SMILES string of the molecule is O=C1c2cc(-c3nnc(C(F)F)o3)cc(F)c2CN1C[C@@H]1CCCN1S(=O)(=O)CC(F)(F)F. The van der Waals surface area contributed by atoms with Crippen LogP contribution in [0.25, 0.3) is 11.5 Å². The van der Waals surface area contributed by atoms with E-state index in [-0.39, 0.29) is 42.7 Å². The van der Waals surface area contributed by atoms with E-state index in [0.29, 0.717) is 6.42 Å². The van der Waals surface area contributed by atoms with E-state index in [9.17, 15) is 39.6 Å². The molecule has 1 aromatic heterocycles. The highest BCUT2D eigenvalue weighted by atomic mass is 32.2. The van der Waals surface area contributed by atoms with Gasteiger partial charge in [-0.3, -0.25) is 4.79 Å². The molecule has 8 nitrogen and oxygen atoms in total. The molecular weight excluding hydrogens is 482 g/mol. The van der Waals surface area contributed by atoms with Crippen molar-refractivity contribution in [3.8, 4) is 11.5 Å². The van der Waals surface area contributed by atoms with E-state index in [4.69, 9.17) is 4.42 Å². The number of nitrogens with zero attached hydrogens (tertiary/aromatic N) is 4. The number of carbonyl (C=O) groups excluding carboxylic acids is 1. The van der Waals surface area contributed by atoms with Gasteiger partial charge in [0.2, 0.25) is 15.9 Å². The van der Waals surface area contributed by atoms with Crippen LogP contribution in [0.3, 0.4) is 0 Å². The Kier molecular flexibility index (Phi) is 5.88. The van der Waals surface area contributed by atoms with Gasteiger partial charge in [0.15, 0.2) is 5.75 Å². The number of sulfonamides is 1. The number of alkyl halides is 5. The van der Waals surface area contributed by atoms with Crippen molar-refractivity contribution in [1.29, 1.82) is 0 Å². The molecule has 1 fully saturated rings.